The molecule has 0 saturated heterocycles. The zero-order valence-electron chi connectivity index (χ0n) is 12.1. The van der Waals surface area contributed by atoms with Crippen LogP contribution < -0.4 is 0 Å². The molecule has 0 atom stereocenters. The number of rotatable bonds is 3. The van der Waals surface area contributed by atoms with Crippen LogP contribution in [-0.4, -0.2) is 11.1 Å². The number of carboxylic acid groups (broad SMARTS) is 1. The van der Waals surface area contributed by atoms with Crippen LogP contribution in [0, 0.1) is 0 Å². The normalized spacial score (nSPS) is 15.5. The Morgan fingerprint density at radius 1 is 1.19 bits per heavy atom. The predicted octanol–water partition coefficient (Wildman–Crippen LogP) is 4.08. The van der Waals surface area contributed by atoms with Crippen LogP contribution >= 0.6 is 0 Å². The average molecular weight is 278 g/mol. The van der Waals surface area contributed by atoms with Crippen LogP contribution in [0.5, 0.6) is 0 Å². The number of hydrogen-bond acceptors (Lipinski definition) is 1. The van der Waals surface area contributed by atoms with Gasteiger partial charge < -0.3 is 5.11 Å². The number of carboxylic acids is 1. The fourth-order valence-corrected chi connectivity index (χ4v) is 3.37. The van der Waals surface area contributed by atoms with E-state index in [9.17, 15) is 9.90 Å². The van der Waals surface area contributed by atoms with Gasteiger partial charge in [-0.2, -0.15) is 0 Å². The molecule has 0 fully saturated rings. The van der Waals surface area contributed by atoms with E-state index >= 15 is 0 Å². The van der Waals surface area contributed by atoms with Gasteiger partial charge in [-0.1, -0.05) is 56.0 Å². The van der Waals surface area contributed by atoms with E-state index in [0.29, 0.717) is 5.56 Å². The van der Waals surface area contributed by atoms with Crippen molar-refractivity contribution in [3.8, 4) is 0 Å². The Balaban J connectivity index is 2.12. The Hall–Kier alpha value is -2.35. The van der Waals surface area contributed by atoms with Crippen LogP contribution in [0.15, 0.2) is 49.0 Å². The molecular formula is C19H18O2. The lowest BCUT2D eigenvalue weighted by Crippen LogP contribution is -2.25. The topological polar surface area (TPSA) is 37.3 Å². The van der Waals surface area contributed by atoms with Crippen LogP contribution in [0.3, 0.4) is 0 Å². The first kappa shape index (κ1) is 13.6. The third-order valence-electron chi connectivity index (χ3n) is 4.44. The van der Waals surface area contributed by atoms with Gasteiger partial charge in [-0.25, -0.2) is 4.79 Å². The van der Waals surface area contributed by atoms with E-state index in [1.165, 1.54) is 11.1 Å². The zero-order chi connectivity index (χ0) is 15.0. The Morgan fingerprint density at radius 3 is 2.33 bits per heavy atom. The van der Waals surface area contributed by atoms with Gasteiger partial charge in [0.25, 0.3) is 0 Å². The van der Waals surface area contributed by atoms with Gasteiger partial charge in [-0.05, 0) is 41.2 Å². The van der Waals surface area contributed by atoms with Crippen molar-refractivity contribution in [1.29, 1.82) is 0 Å². The third kappa shape index (κ3) is 2.27. The quantitative estimate of drug-likeness (QED) is 0.918. The van der Waals surface area contributed by atoms with E-state index in [-0.39, 0.29) is 5.41 Å². The summed E-state index contributed by atoms with van der Waals surface area (Å²) in [6.45, 7) is 5.94. The second-order valence-electron chi connectivity index (χ2n) is 6.00. The van der Waals surface area contributed by atoms with Crippen LogP contribution in [0.1, 0.15) is 39.5 Å². The molecule has 21 heavy (non-hydrogen) atoms. The SMILES string of the molecule is C=Cc1ccc(C(=O)O)c(C2(C)Cc3ccccc3C2)c1. The van der Waals surface area contributed by atoms with E-state index in [4.69, 9.17) is 0 Å². The van der Waals surface area contributed by atoms with Crippen molar-refractivity contribution in [2.75, 3.05) is 0 Å². The van der Waals surface area contributed by atoms with Gasteiger partial charge in [0, 0.05) is 5.41 Å². The fourth-order valence-electron chi connectivity index (χ4n) is 3.37. The number of carbonyl (C=O) groups is 1. The van der Waals surface area contributed by atoms with Crippen molar-refractivity contribution in [2.45, 2.75) is 25.2 Å². The summed E-state index contributed by atoms with van der Waals surface area (Å²) in [5.74, 6) is -0.863. The maximum Gasteiger partial charge on any atom is 0.335 e. The second kappa shape index (κ2) is 4.88. The molecule has 0 saturated carbocycles. The average Bonchev–Trinajstić information content (AvgIpc) is 2.83. The largest absolute Gasteiger partial charge is 0.478 e. The van der Waals surface area contributed by atoms with E-state index in [1.807, 2.05) is 24.3 Å². The van der Waals surface area contributed by atoms with E-state index in [1.54, 1.807) is 12.1 Å². The lowest BCUT2D eigenvalue weighted by Gasteiger charge is -2.26. The van der Waals surface area contributed by atoms with E-state index < -0.39 is 5.97 Å². The highest BCUT2D eigenvalue weighted by Gasteiger charge is 2.36. The number of fused-ring (bicyclic) bond motifs is 1. The molecule has 2 aromatic rings. The Labute approximate surface area is 124 Å². The van der Waals surface area contributed by atoms with Gasteiger partial charge in [-0.3, -0.25) is 0 Å². The molecule has 2 aromatic carbocycles. The van der Waals surface area contributed by atoms with Gasteiger partial charge in [0.05, 0.1) is 5.56 Å². The van der Waals surface area contributed by atoms with Crippen molar-refractivity contribution >= 4 is 12.0 Å². The Kier molecular flexibility index (Phi) is 3.17. The minimum absolute atomic E-state index is 0.170. The fraction of sp³-hybridized carbons (Fsp3) is 0.211. The first-order valence-electron chi connectivity index (χ1n) is 7.10. The lowest BCUT2D eigenvalue weighted by atomic mass is 9.77. The molecule has 0 bridgehead atoms. The molecule has 3 rings (SSSR count). The summed E-state index contributed by atoms with van der Waals surface area (Å²) in [6, 6.07) is 13.8. The van der Waals surface area contributed by atoms with Gasteiger partial charge >= 0.3 is 5.97 Å². The van der Waals surface area contributed by atoms with Crippen molar-refractivity contribution < 1.29 is 9.90 Å². The molecule has 0 radical (unpaired) electrons. The molecule has 1 aliphatic carbocycles. The Morgan fingerprint density at radius 2 is 1.81 bits per heavy atom. The molecule has 0 aliphatic heterocycles. The first-order valence-corrected chi connectivity index (χ1v) is 7.10. The lowest BCUT2D eigenvalue weighted by molar-refractivity contribution is 0.0694. The molecule has 0 heterocycles. The standard InChI is InChI=1S/C19H18O2/c1-3-13-8-9-16(18(20)21)17(10-13)19(2)11-14-6-4-5-7-15(14)12-19/h3-10H,1,11-12H2,2H3,(H,20,21). The first-order chi connectivity index (χ1) is 10.0. The summed E-state index contributed by atoms with van der Waals surface area (Å²) >= 11 is 0. The summed E-state index contributed by atoms with van der Waals surface area (Å²) < 4.78 is 0. The molecule has 1 aliphatic rings. The molecule has 2 nitrogen and oxygen atoms in total. The predicted molar refractivity (Wildman–Crippen MR) is 84.7 cm³/mol. The van der Waals surface area contributed by atoms with Crippen molar-refractivity contribution in [3.63, 3.8) is 0 Å². The molecule has 1 N–H and O–H groups in total. The van der Waals surface area contributed by atoms with Gasteiger partial charge in [-0.15, -0.1) is 0 Å². The highest BCUT2D eigenvalue weighted by atomic mass is 16.4. The van der Waals surface area contributed by atoms with Gasteiger partial charge in [0.15, 0.2) is 0 Å². The molecule has 106 valence electrons. The van der Waals surface area contributed by atoms with Crippen molar-refractivity contribution in [1.82, 2.24) is 0 Å². The van der Waals surface area contributed by atoms with Crippen LogP contribution in [0.25, 0.3) is 6.08 Å². The number of hydrogen-bond donors (Lipinski definition) is 1. The number of aromatic carboxylic acids is 1. The molecular weight excluding hydrogens is 260 g/mol. The van der Waals surface area contributed by atoms with Gasteiger partial charge in [0.1, 0.15) is 0 Å². The minimum Gasteiger partial charge on any atom is -0.478 e. The smallest absolute Gasteiger partial charge is 0.335 e. The zero-order valence-corrected chi connectivity index (χ0v) is 12.1. The molecule has 0 aromatic heterocycles. The summed E-state index contributed by atoms with van der Waals surface area (Å²) in [4.78, 5) is 11.6. The van der Waals surface area contributed by atoms with Crippen LogP contribution in [0.2, 0.25) is 0 Å². The van der Waals surface area contributed by atoms with Crippen molar-refractivity contribution in [2.24, 2.45) is 0 Å². The maximum atomic E-state index is 11.6. The van der Waals surface area contributed by atoms with E-state index in [0.717, 1.165) is 24.0 Å². The van der Waals surface area contributed by atoms with Crippen LogP contribution in [-0.2, 0) is 18.3 Å². The number of benzene rings is 2. The summed E-state index contributed by atoms with van der Waals surface area (Å²) in [5, 5.41) is 9.50. The van der Waals surface area contributed by atoms with Crippen LogP contribution in [0.4, 0.5) is 0 Å². The molecule has 0 amide bonds. The Bertz CT molecular complexity index is 703. The summed E-state index contributed by atoms with van der Waals surface area (Å²) in [5.41, 5.74) is 4.74. The third-order valence-corrected chi connectivity index (χ3v) is 4.44. The highest BCUT2D eigenvalue weighted by molar-refractivity contribution is 5.90. The molecule has 2 heteroatoms. The highest BCUT2D eigenvalue weighted by Crippen LogP contribution is 2.41. The summed E-state index contributed by atoms with van der Waals surface area (Å²) in [7, 11) is 0. The second-order valence-corrected chi connectivity index (χ2v) is 6.00. The summed E-state index contributed by atoms with van der Waals surface area (Å²) in [6.07, 6.45) is 3.52. The maximum absolute atomic E-state index is 11.6. The van der Waals surface area contributed by atoms with Crippen molar-refractivity contribution in [3.05, 3.63) is 76.9 Å². The van der Waals surface area contributed by atoms with E-state index in [2.05, 4.69) is 25.6 Å². The van der Waals surface area contributed by atoms with Gasteiger partial charge in [0.2, 0.25) is 0 Å². The monoisotopic (exact) mass is 278 g/mol. The molecule has 0 unspecified atom stereocenters. The molecule has 0 spiro atoms. The minimum atomic E-state index is -0.863.